The first kappa shape index (κ1) is 15.3. The molecule has 2 aliphatic rings. The third-order valence-corrected chi connectivity index (χ3v) is 4.09. The van der Waals surface area contributed by atoms with Crippen molar-refractivity contribution in [2.24, 2.45) is 0 Å². The van der Waals surface area contributed by atoms with Crippen molar-refractivity contribution in [3.63, 3.8) is 0 Å². The van der Waals surface area contributed by atoms with Crippen molar-refractivity contribution in [1.29, 1.82) is 5.26 Å². The lowest BCUT2D eigenvalue weighted by Crippen LogP contribution is -2.53. The molecule has 1 heterocycles. The summed E-state index contributed by atoms with van der Waals surface area (Å²) >= 11 is 0. The largest absolute Gasteiger partial charge is 0.367 e. The Hall–Kier alpha value is -2.62. The zero-order valence-corrected chi connectivity index (χ0v) is 12.6. The van der Waals surface area contributed by atoms with Gasteiger partial charge in [0.15, 0.2) is 0 Å². The van der Waals surface area contributed by atoms with Gasteiger partial charge >= 0.3 is 11.8 Å². The van der Waals surface area contributed by atoms with Crippen LogP contribution in [0.25, 0.3) is 0 Å². The number of nitrogens with zero attached hydrogens (tertiary/aromatic N) is 3. The molecule has 1 aromatic rings. The highest BCUT2D eigenvalue weighted by Gasteiger charge is 2.31. The third-order valence-electron chi connectivity index (χ3n) is 4.09. The smallest absolute Gasteiger partial charge is 0.312 e. The Morgan fingerprint density at radius 2 is 1.91 bits per heavy atom. The molecule has 1 saturated carbocycles. The number of nitriles is 1. The Bertz CT molecular complexity index is 673. The van der Waals surface area contributed by atoms with Crippen LogP contribution in [0.2, 0.25) is 0 Å². The summed E-state index contributed by atoms with van der Waals surface area (Å²) in [7, 11) is 0. The maximum atomic E-state index is 13.2. The molecule has 1 N–H and O–H groups in total. The van der Waals surface area contributed by atoms with E-state index in [1.807, 2.05) is 11.0 Å². The second-order valence-electron chi connectivity index (χ2n) is 5.80. The number of carbonyl (C=O) groups excluding carboxylic acids is 2. The predicted octanol–water partition coefficient (Wildman–Crippen LogP) is 0.625. The molecule has 2 fully saturated rings. The zero-order valence-electron chi connectivity index (χ0n) is 12.6. The fourth-order valence-corrected chi connectivity index (χ4v) is 2.64. The van der Waals surface area contributed by atoms with Gasteiger partial charge in [-0.2, -0.15) is 5.26 Å². The first-order chi connectivity index (χ1) is 11.1. The van der Waals surface area contributed by atoms with Gasteiger partial charge in [-0.1, -0.05) is 0 Å². The number of hydrogen-bond donors (Lipinski definition) is 1. The lowest BCUT2D eigenvalue weighted by Gasteiger charge is -2.36. The summed E-state index contributed by atoms with van der Waals surface area (Å²) in [6, 6.07) is 6.24. The van der Waals surface area contributed by atoms with Gasteiger partial charge in [0.05, 0.1) is 11.3 Å². The van der Waals surface area contributed by atoms with E-state index in [-0.39, 0.29) is 11.6 Å². The van der Waals surface area contributed by atoms with Crippen LogP contribution in [-0.2, 0) is 9.59 Å². The van der Waals surface area contributed by atoms with Gasteiger partial charge in [-0.3, -0.25) is 9.59 Å². The van der Waals surface area contributed by atoms with E-state index in [1.165, 1.54) is 17.0 Å². The standard InChI is InChI=1S/C16H17FN4O2/c17-12-1-4-14(11(9-12)10-18)20-5-7-21(8-6-20)16(23)15(22)19-13-2-3-13/h1,4,9,13H,2-3,5-8H2,(H,19,22). The number of hydrogen-bond acceptors (Lipinski definition) is 4. The van der Waals surface area contributed by atoms with Crippen molar-refractivity contribution in [3.8, 4) is 6.07 Å². The molecule has 1 aromatic carbocycles. The Labute approximate surface area is 133 Å². The summed E-state index contributed by atoms with van der Waals surface area (Å²) in [5, 5.41) is 11.8. The Morgan fingerprint density at radius 3 is 2.52 bits per heavy atom. The van der Waals surface area contributed by atoms with E-state index in [1.54, 1.807) is 6.07 Å². The molecule has 7 heteroatoms. The molecule has 0 unspecified atom stereocenters. The van der Waals surface area contributed by atoms with E-state index in [2.05, 4.69) is 5.32 Å². The minimum atomic E-state index is -0.541. The van der Waals surface area contributed by atoms with Crippen LogP contribution >= 0.6 is 0 Å². The average molecular weight is 316 g/mol. The van der Waals surface area contributed by atoms with Crippen LogP contribution in [0.15, 0.2) is 18.2 Å². The minimum Gasteiger partial charge on any atom is -0.367 e. The average Bonchev–Trinajstić information content (AvgIpc) is 3.38. The summed E-state index contributed by atoms with van der Waals surface area (Å²) in [6.45, 7) is 1.81. The highest BCUT2D eigenvalue weighted by Crippen LogP contribution is 2.23. The Kier molecular flexibility index (Phi) is 4.15. The molecule has 3 rings (SSSR count). The van der Waals surface area contributed by atoms with E-state index in [4.69, 9.17) is 5.26 Å². The summed E-state index contributed by atoms with van der Waals surface area (Å²) in [5.74, 6) is -1.49. The number of piperazine rings is 1. The molecule has 0 aromatic heterocycles. The van der Waals surface area contributed by atoms with Gasteiger partial charge in [0.25, 0.3) is 0 Å². The van der Waals surface area contributed by atoms with Gasteiger partial charge in [0.2, 0.25) is 0 Å². The number of amides is 2. The molecular formula is C16H17FN4O2. The Morgan fingerprint density at radius 1 is 1.22 bits per heavy atom. The maximum absolute atomic E-state index is 13.2. The Balaban J connectivity index is 1.61. The molecular weight excluding hydrogens is 299 g/mol. The molecule has 120 valence electrons. The first-order valence-corrected chi connectivity index (χ1v) is 7.63. The normalized spacial score (nSPS) is 17.6. The lowest BCUT2D eigenvalue weighted by molar-refractivity contribution is -0.146. The van der Waals surface area contributed by atoms with Crippen LogP contribution in [0.3, 0.4) is 0 Å². The van der Waals surface area contributed by atoms with Gasteiger partial charge in [-0.15, -0.1) is 0 Å². The van der Waals surface area contributed by atoms with Gasteiger partial charge < -0.3 is 15.1 Å². The van der Waals surface area contributed by atoms with Gasteiger partial charge in [-0.05, 0) is 31.0 Å². The van der Waals surface area contributed by atoms with E-state index < -0.39 is 17.6 Å². The molecule has 2 amide bonds. The summed E-state index contributed by atoms with van der Waals surface area (Å²) < 4.78 is 13.2. The molecule has 1 saturated heterocycles. The van der Waals surface area contributed by atoms with E-state index >= 15 is 0 Å². The number of nitrogens with one attached hydrogen (secondary N) is 1. The van der Waals surface area contributed by atoms with Crippen molar-refractivity contribution < 1.29 is 14.0 Å². The zero-order chi connectivity index (χ0) is 16.4. The van der Waals surface area contributed by atoms with Gasteiger partial charge in [-0.25, -0.2) is 4.39 Å². The number of halogens is 1. The SMILES string of the molecule is N#Cc1cc(F)ccc1N1CCN(C(=O)C(=O)NC2CC2)CC1. The predicted molar refractivity (Wildman–Crippen MR) is 81.1 cm³/mol. The number of anilines is 1. The van der Waals surface area contributed by atoms with Crippen molar-refractivity contribution >= 4 is 17.5 Å². The summed E-state index contributed by atoms with van der Waals surface area (Å²) in [6.07, 6.45) is 1.88. The van der Waals surface area contributed by atoms with Crippen molar-refractivity contribution in [2.45, 2.75) is 18.9 Å². The van der Waals surface area contributed by atoms with E-state index in [9.17, 15) is 14.0 Å². The van der Waals surface area contributed by atoms with E-state index in [0.29, 0.717) is 31.9 Å². The first-order valence-electron chi connectivity index (χ1n) is 7.63. The molecule has 23 heavy (non-hydrogen) atoms. The molecule has 0 bridgehead atoms. The van der Waals surface area contributed by atoms with Crippen LogP contribution in [0.4, 0.5) is 10.1 Å². The highest BCUT2D eigenvalue weighted by molar-refractivity contribution is 6.35. The number of carbonyl (C=O) groups is 2. The maximum Gasteiger partial charge on any atom is 0.312 e. The fraction of sp³-hybridized carbons (Fsp3) is 0.438. The summed E-state index contributed by atoms with van der Waals surface area (Å²) in [5.41, 5.74) is 0.930. The molecule has 1 aliphatic heterocycles. The molecule has 0 atom stereocenters. The van der Waals surface area contributed by atoms with E-state index in [0.717, 1.165) is 12.8 Å². The molecule has 0 radical (unpaired) electrons. The molecule has 6 nitrogen and oxygen atoms in total. The molecule has 0 spiro atoms. The van der Waals surface area contributed by atoms with Crippen LogP contribution in [0.1, 0.15) is 18.4 Å². The number of benzene rings is 1. The fourth-order valence-electron chi connectivity index (χ4n) is 2.64. The second-order valence-corrected chi connectivity index (χ2v) is 5.80. The van der Waals surface area contributed by atoms with Gasteiger partial charge in [0, 0.05) is 32.2 Å². The monoisotopic (exact) mass is 316 g/mol. The number of rotatable bonds is 2. The van der Waals surface area contributed by atoms with Crippen LogP contribution < -0.4 is 10.2 Å². The molecule has 1 aliphatic carbocycles. The second kappa shape index (κ2) is 6.24. The quantitative estimate of drug-likeness (QED) is 0.812. The van der Waals surface area contributed by atoms with Crippen LogP contribution in [0, 0.1) is 17.1 Å². The van der Waals surface area contributed by atoms with Crippen LogP contribution in [-0.4, -0.2) is 48.9 Å². The summed E-state index contributed by atoms with van der Waals surface area (Å²) in [4.78, 5) is 27.3. The third kappa shape index (κ3) is 3.42. The van der Waals surface area contributed by atoms with Crippen molar-refractivity contribution in [3.05, 3.63) is 29.6 Å². The topological polar surface area (TPSA) is 76.4 Å². The lowest BCUT2D eigenvalue weighted by atomic mass is 10.1. The van der Waals surface area contributed by atoms with Crippen molar-refractivity contribution in [1.82, 2.24) is 10.2 Å². The highest BCUT2D eigenvalue weighted by atomic mass is 19.1. The van der Waals surface area contributed by atoms with Crippen LogP contribution in [0.5, 0.6) is 0 Å². The minimum absolute atomic E-state index is 0.158. The van der Waals surface area contributed by atoms with Crippen molar-refractivity contribution in [2.75, 3.05) is 31.1 Å². The van der Waals surface area contributed by atoms with Gasteiger partial charge in [0.1, 0.15) is 11.9 Å².